The summed E-state index contributed by atoms with van der Waals surface area (Å²) in [6.07, 6.45) is 24.3. The summed E-state index contributed by atoms with van der Waals surface area (Å²) < 4.78 is 0. The van der Waals surface area contributed by atoms with Gasteiger partial charge in [0.1, 0.15) is 0 Å². The Labute approximate surface area is 343 Å². The van der Waals surface area contributed by atoms with Gasteiger partial charge in [0, 0.05) is 10.8 Å². The minimum atomic E-state index is -0.0467. The molecule has 2 unspecified atom stereocenters. The van der Waals surface area contributed by atoms with Crippen molar-refractivity contribution in [1.29, 1.82) is 0 Å². The summed E-state index contributed by atoms with van der Waals surface area (Å²) in [5.41, 5.74) is 21.9. The van der Waals surface area contributed by atoms with E-state index in [0.29, 0.717) is 11.8 Å². The fraction of sp³-hybridized carbons (Fsp3) is 0.345. The standard InChI is InChI=1S/C58H54/c1-55(2)37-19-9-15-33-45(34-16-10-20-38-48(34)53(47(33)37)51-41(55)23-13-24-42(51)56(38,3)4)31-27-29-32(30-28-31)46-35-17-11-21-39-49(35)54-50-36(46)18-12-22-40(50)58(7,8)44-26-14-25-43(52(44)54)57(39,5)6/h9-11,13-21,23,25,27,29,42,44H,12,22,24,26,28,30H2,1-8H3. The minimum Gasteiger partial charge on any atom is -0.0836 e. The van der Waals surface area contributed by atoms with Gasteiger partial charge in [0.15, 0.2) is 0 Å². The van der Waals surface area contributed by atoms with Crippen molar-refractivity contribution in [2.45, 2.75) is 110 Å². The highest BCUT2D eigenvalue weighted by molar-refractivity contribution is 6.21. The minimum absolute atomic E-state index is 0.0342. The van der Waals surface area contributed by atoms with Crippen molar-refractivity contribution >= 4 is 66.3 Å². The van der Waals surface area contributed by atoms with Crippen molar-refractivity contribution in [3.63, 3.8) is 0 Å². The molecule has 0 aromatic heterocycles. The molecular weight excluding hydrogens is 697 g/mol. The molecule has 0 spiro atoms. The summed E-state index contributed by atoms with van der Waals surface area (Å²) in [7, 11) is 0. The van der Waals surface area contributed by atoms with Crippen LogP contribution in [0.5, 0.6) is 0 Å². The van der Waals surface area contributed by atoms with E-state index < -0.39 is 0 Å². The molecular formula is C58H54. The molecule has 0 aliphatic heterocycles. The van der Waals surface area contributed by atoms with Crippen LogP contribution in [0.2, 0.25) is 0 Å². The average Bonchev–Trinajstić information content (AvgIpc) is 3.22. The molecule has 0 radical (unpaired) electrons. The Morgan fingerprint density at radius 1 is 0.500 bits per heavy atom. The number of benzene rings is 5. The maximum atomic E-state index is 2.63. The first-order valence-corrected chi connectivity index (χ1v) is 22.4. The highest BCUT2D eigenvalue weighted by atomic mass is 14.5. The Morgan fingerprint density at radius 3 is 1.60 bits per heavy atom. The average molecular weight is 751 g/mol. The van der Waals surface area contributed by atoms with Crippen LogP contribution < -0.4 is 10.4 Å². The highest BCUT2D eigenvalue weighted by Crippen LogP contribution is 2.63. The summed E-state index contributed by atoms with van der Waals surface area (Å²) in [5.74, 6) is 1.04. The van der Waals surface area contributed by atoms with Crippen molar-refractivity contribution in [1.82, 2.24) is 0 Å². The normalized spacial score (nSPS) is 25.4. The molecule has 0 nitrogen and oxygen atoms in total. The molecule has 13 rings (SSSR count). The van der Waals surface area contributed by atoms with Gasteiger partial charge in [-0.3, -0.25) is 0 Å². The molecule has 286 valence electrons. The lowest BCUT2D eigenvalue weighted by Gasteiger charge is -2.50. The molecule has 0 N–H and O–H groups in total. The van der Waals surface area contributed by atoms with Crippen molar-refractivity contribution in [3.8, 4) is 0 Å². The van der Waals surface area contributed by atoms with Crippen LogP contribution in [0.1, 0.15) is 133 Å². The van der Waals surface area contributed by atoms with E-state index in [4.69, 9.17) is 0 Å². The summed E-state index contributed by atoms with van der Waals surface area (Å²) in [6.45, 7) is 20.1. The van der Waals surface area contributed by atoms with Crippen LogP contribution in [-0.2, 0) is 16.2 Å². The van der Waals surface area contributed by atoms with Crippen LogP contribution in [0.3, 0.4) is 0 Å². The smallest absolute Gasteiger partial charge is 0.0155 e. The zero-order valence-electron chi connectivity index (χ0n) is 35.6. The van der Waals surface area contributed by atoms with Gasteiger partial charge in [-0.15, -0.1) is 0 Å². The summed E-state index contributed by atoms with van der Waals surface area (Å²) in [4.78, 5) is 0. The van der Waals surface area contributed by atoms with E-state index in [0.717, 1.165) is 32.1 Å². The second-order valence-electron chi connectivity index (χ2n) is 21.3. The molecule has 0 saturated heterocycles. The fourth-order valence-corrected chi connectivity index (χ4v) is 14.5. The fourth-order valence-electron chi connectivity index (χ4n) is 14.5. The van der Waals surface area contributed by atoms with Gasteiger partial charge in [-0.05, 0) is 176 Å². The van der Waals surface area contributed by atoms with E-state index in [1.165, 1.54) is 77.5 Å². The molecule has 58 heavy (non-hydrogen) atoms. The first-order valence-electron chi connectivity index (χ1n) is 22.4. The summed E-state index contributed by atoms with van der Waals surface area (Å²) in [6, 6.07) is 21.8. The molecule has 5 aromatic rings. The van der Waals surface area contributed by atoms with E-state index in [1.54, 1.807) is 49.6 Å². The second kappa shape index (κ2) is 10.6. The van der Waals surface area contributed by atoms with E-state index >= 15 is 0 Å². The van der Waals surface area contributed by atoms with Gasteiger partial charge in [-0.25, -0.2) is 0 Å². The lowest BCUT2D eigenvalue weighted by molar-refractivity contribution is 0.350. The quantitative estimate of drug-likeness (QED) is 0.158. The third-order valence-corrected chi connectivity index (χ3v) is 17.4. The van der Waals surface area contributed by atoms with Crippen molar-refractivity contribution in [3.05, 3.63) is 152 Å². The van der Waals surface area contributed by atoms with Crippen LogP contribution in [0.25, 0.3) is 66.3 Å². The predicted molar refractivity (Wildman–Crippen MR) is 248 cm³/mol. The molecule has 0 bridgehead atoms. The lowest BCUT2D eigenvalue weighted by atomic mass is 9.54. The van der Waals surface area contributed by atoms with Crippen molar-refractivity contribution in [2.75, 3.05) is 0 Å². The lowest BCUT2D eigenvalue weighted by Crippen LogP contribution is -2.48. The van der Waals surface area contributed by atoms with E-state index in [-0.39, 0.29) is 21.7 Å². The number of hydrogen-bond donors (Lipinski definition) is 0. The molecule has 2 atom stereocenters. The van der Waals surface area contributed by atoms with Gasteiger partial charge in [0.2, 0.25) is 0 Å². The second-order valence-corrected chi connectivity index (χ2v) is 21.3. The molecule has 0 saturated carbocycles. The van der Waals surface area contributed by atoms with Gasteiger partial charge in [-0.1, -0.05) is 158 Å². The Kier molecular flexibility index (Phi) is 6.22. The van der Waals surface area contributed by atoms with Gasteiger partial charge in [0.05, 0.1) is 0 Å². The predicted octanol–water partition coefficient (Wildman–Crippen LogP) is 13.7. The third-order valence-electron chi connectivity index (χ3n) is 17.4. The maximum absolute atomic E-state index is 2.63. The SMILES string of the molecule is CC1(C)C2=C3c4c5c(c(C6=CC=C(c7c8cccc9c8c8c%10c(cccc7%10)C(C)(C)C7CC=CC(=C87)C9(C)C)CC6)c6cccc1c46)=CCCC=5C(C)(C)C3CC=C2. The highest BCUT2D eigenvalue weighted by Gasteiger charge is 2.50. The van der Waals surface area contributed by atoms with E-state index in [9.17, 15) is 0 Å². The van der Waals surface area contributed by atoms with Crippen molar-refractivity contribution in [2.24, 2.45) is 17.3 Å². The van der Waals surface area contributed by atoms with Crippen LogP contribution >= 0.6 is 0 Å². The van der Waals surface area contributed by atoms with Gasteiger partial charge in [-0.2, -0.15) is 0 Å². The molecule has 0 heteroatoms. The van der Waals surface area contributed by atoms with Crippen molar-refractivity contribution < 1.29 is 0 Å². The first-order chi connectivity index (χ1) is 27.8. The molecule has 0 fully saturated rings. The number of rotatable bonds is 2. The van der Waals surface area contributed by atoms with E-state index in [1.807, 2.05) is 0 Å². The summed E-state index contributed by atoms with van der Waals surface area (Å²) in [5, 5.41) is 12.1. The number of allylic oxidation sites excluding steroid dienone is 12. The van der Waals surface area contributed by atoms with Gasteiger partial charge < -0.3 is 0 Å². The van der Waals surface area contributed by atoms with E-state index in [2.05, 4.69) is 153 Å². The topological polar surface area (TPSA) is 0 Å². The number of hydrogen-bond acceptors (Lipinski definition) is 0. The molecule has 8 aliphatic rings. The van der Waals surface area contributed by atoms with Crippen LogP contribution in [0, 0.1) is 17.3 Å². The van der Waals surface area contributed by atoms with Gasteiger partial charge >= 0.3 is 0 Å². The van der Waals surface area contributed by atoms with Gasteiger partial charge in [0.25, 0.3) is 0 Å². The Morgan fingerprint density at radius 2 is 1.00 bits per heavy atom. The Balaban J connectivity index is 1.10. The molecule has 0 heterocycles. The Hall–Kier alpha value is -4.94. The Bertz CT molecular complexity index is 3170. The monoisotopic (exact) mass is 750 g/mol. The van der Waals surface area contributed by atoms with Crippen LogP contribution in [-0.4, -0.2) is 0 Å². The zero-order valence-corrected chi connectivity index (χ0v) is 35.6. The largest absolute Gasteiger partial charge is 0.0836 e. The van der Waals surface area contributed by atoms with Crippen LogP contribution in [0.15, 0.2) is 102 Å². The molecule has 0 amide bonds. The first kappa shape index (κ1) is 34.0. The summed E-state index contributed by atoms with van der Waals surface area (Å²) >= 11 is 0. The molecule has 8 aliphatic carbocycles. The molecule has 5 aromatic carbocycles. The third kappa shape index (κ3) is 3.74. The maximum Gasteiger partial charge on any atom is 0.0155 e. The van der Waals surface area contributed by atoms with Crippen LogP contribution in [0.4, 0.5) is 0 Å². The zero-order chi connectivity index (χ0) is 39.4.